The van der Waals surface area contributed by atoms with Gasteiger partial charge < -0.3 is 9.47 Å². The highest BCUT2D eigenvalue weighted by atomic mass is 16.5. The van der Waals surface area contributed by atoms with Gasteiger partial charge in [-0.25, -0.2) is 0 Å². The molecule has 20 heavy (non-hydrogen) atoms. The highest BCUT2D eigenvalue weighted by Crippen LogP contribution is 2.36. The van der Waals surface area contributed by atoms with E-state index in [9.17, 15) is 4.79 Å². The van der Waals surface area contributed by atoms with Gasteiger partial charge in [0.1, 0.15) is 17.6 Å². The Morgan fingerprint density at radius 3 is 2.60 bits per heavy atom. The lowest BCUT2D eigenvalue weighted by molar-refractivity contribution is 0.0849. The predicted octanol–water partition coefficient (Wildman–Crippen LogP) is 3.71. The van der Waals surface area contributed by atoms with Gasteiger partial charge in [0.15, 0.2) is 5.78 Å². The fraction of sp³-hybridized carbons (Fsp3) is 0.235. The number of aryl methyl sites for hydroxylation is 1. The van der Waals surface area contributed by atoms with Gasteiger partial charge in [-0.15, -0.1) is 0 Å². The summed E-state index contributed by atoms with van der Waals surface area (Å²) in [5, 5.41) is 0. The van der Waals surface area contributed by atoms with E-state index < -0.39 is 0 Å². The first-order chi connectivity index (χ1) is 9.67. The minimum atomic E-state index is -0.205. The van der Waals surface area contributed by atoms with Crippen LogP contribution in [0.5, 0.6) is 11.5 Å². The van der Waals surface area contributed by atoms with Gasteiger partial charge in [-0.1, -0.05) is 29.8 Å². The maximum atomic E-state index is 12.3. The Kier molecular flexibility index (Phi) is 3.18. The Hall–Kier alpha value is -2.29. The SMILES string of the molecule is COc1ccc2c(c1)C(=O)C[C@H](c1ccc(C)cc1)O2. The summed E-state index contributed by atoms with van der Waals surface area (Å²) in [6.45, 7) is 2.04. The van der Waals surface area contributed by atoms with E-state index in [1.165, 1.54) is 5.56 Å². The summed E-state index contributed by atoms with van der Waals surface area (Å²) in [7, 11) is 1.59. The molecule has 2 aromatic rings. The van der Waals surface area contributed by atoms with E-state index in [1.54, 1.807) is 19.2 Å². The molecule has 1 aliphatic rings. The van der Waals surface area contributed by atoms with Crippen LogP contribution in [0.4, 0.5) is 0 Å². The number of ether oxygens (including phenoxy) is 2. The second kappa shape index (κ2) is 5.00. The first-order valence-electron chi connectivity index (χ1n) is 6.62. The average Bonchev–Trinajstić information content (AvgIpc) is 2.47. The van der Waals surface area contributed by atoms with Gasteiger partial charge in [0.25, 0.3) is 0 Å². The molecule has 1 aliphatic heterocycles. The van der Waals surface area contributed by atoms with E-state index >= 15 is 0 Å². The van der Waals surface area contributed by atoms with Gasteiger partial charge >= 0.3 is 0 Å². The Labute approximate surface area is 118 Å². The summed E-state index contributed by atoms with van der Waals surface area (Å²) >= 11 is 0. The average molecular weight is 268 g/mol. The summed E-state index contributed by atoms with van der Waals surface area (Å²) in [6.07, 6.45) is 0.160. The molecule has 0 fully saturated rings. The molecule has 0 saturated heterocycles. The molecule has 2 aromatic carbocycles. The van der Waals surface area contributed by atoms with E-state index in [4.69, 9.17) is 9.47 Å². The van der Waals surface area contributed by atoms with E-state index in [0.717, 1.165) is 5.56 Å². The van der Waals surface area contributed by atoms with Crippen molar-refractivity contribution in [3.8, 4) is 11.5 Å². The van der Waals surface area contributed by atoms with E-state index in [1.807, 2.05) is 37.3 Å². The van der Waals surface area contributed by atoms with Gasteiger partial charge in [-0.3, -0.25) is 4.79 Å². The minimum absolute atomic E-state index is 0.0933. The number of fused-ring (bicyclic) bond motifs is 1. The van der Waals surface area contributed by atoms with Gasteiger partial charge in [-0.2, -0.15) is 0 Å². The Morgan fingerprint density at radius 2 is 1.90 bits per heavy atom. The third-order valence-electron chi connectivity index (χ3n) is 3.58. The number of benzene rings is 2. The zero-order chi connectivity index (χ0) is 14.1. The fourth-order valence-electron chi connectivity index (χ4n) is 2.40. The monoisotopic (exact) mass is 268 g/mol. The van der Waals surface area contributed by atoms with Gasteiger partial charge in [0, 0.05) is 0 Å². The molecule has 3 heteroatoms. The Morgan fingerprint density at radius 1 is 1.15 bits per heavy atom. The molecule has 1 heterocycles. The number of rotatable bonds is 2. The lowest BCUT2D eigenvalue weighted by atomic mass is 9.96. The minimum Gasteiger partial charge on any atom is -0.497 e. The molecule has 0 aromatic heterocycles. The van der Waals surface area contributed by atoms with Crippen LogP contribution < -0.4 is 9.47 Å². The van der Waals surface area contributed by atoms with Crippen molar-refractivity contribution >= 4 is 5.78 Å². The van der Waals surface area contributed by atoms with Crippen molar-refractivity contribution in [2.24, 2.45) is 0 Å². The van der Waals surface area contributed by atoms with Crippen LogP contribution in [-0.2, 0) is 0 Å². The smallest absolute Gasteiger partial charge is 0.170 e. The highest BCUT2D eigenvalue weighted by molar-refractivity contribution is 6.00. The first kappa shape index (κ1) is 12.7. The van der Waals surface area contributed by atoms with Crippen molar-refractivity contribution in [3.63, 3.8) is 0 Å². The summed E-state index contributed by atoms with van der Waals surface area (Å²) < 4.78 is 11.1. The van der Waals surface area contributed by atoms with Crippen LogP contribution in [0, 0.1) is 6.92 Å². The summed E-state index contributed by atoms with van der Waals surface area (Å²) in [6, 6.07) is 13.4. The molecule has 3 rings (SSSR count). The summed E-state index contributed by atoms with van der Waals surface area (Å²) in [4.78, 5) is 12.3. The topological polar surface area (TPSA) is 35.5 Å². The lowest BCUT2D eigenvalue weighted by Crippen LogP contribution is -2.20. The molecule has 0 amide bonds. The third-order valence-corrected chi connectivity index (χ3v) is 3.58. The van der Waals surface area contributed by atoms with Crippen LogP contribution in [0.3, 0.4) is 0 Å². The van der Waals surface area contributed by atoms with Crippen molar-refractivity contribution in [1.29, 1.82) is 0 Å². The summed E-state index contributed by atoms with van der Waals surface area (Å²) in [5.41, 5.74) is 2.83. The lowest BCUT2D eigenvalue weighted by Gasteiger charge is -2.25. The number of Topliss-reactive ketones (excluding diaryl/α,β-unsaturated/α-hetero) is 1. The number of carbonyl (C=O) groups excluding carboxylic acids is 1. The highest BCUT2D eigenvalue weighted by Gasteiger charge is 2.27. The zero-order valence-corrected chi connectivity index (χ0v) is 11.6. The molecule has 3 nitrogen and oxygen atoms in total. The van der Waals surface area contributed by atoms with Crippen molar-refractivity contribution in [2.75, 3.05) is 7.11 Å². The van der Waals surface area contributed by atoms with E-state index in [2.05, 4.69) is 0 Å². The molecule has 1 atom stereocenters. The molecule has 0 unspecified atom stereocenters. The Bertz CT molecular complexity index is 644. The van der Waals surface area contributed by atoms with E-state index in [-0.39, 0.29) is 11.9 Å². The largest absolute Gasteiger partial charge is 0.497 e. The molecule has 0 radical (unpaired) electrons. The molecule has 0 N–H and O–H groups in total. The second-order valence-corrected chi connectivity index (χ2v) is 5.01. The van der Waals surface area contributed by atoms with Crippen LogP contribution in [0.1, 0.15) is 34.0 Å². The summed E-state index contributed by atoms with van der Waals surface area (Å²) in [5.74, 6) is 1.40. The molecule has 0 bridgehead atoms. The van der Waals surface area contributed by atoms with Crippen LogP contribution in [0.2, 0.25) is 0 Å². The maximum absolute atomic E-state index is 12.3. The third kappa shape index (κ3) is 2.27. The number of hydrogen-bond donors (Lipinski definition) is 0. The van der Waals surface area contributed by atoms with Crippen LogP contribution in [0.25, 0.3) is 0 Å². The second-order valence-electron chi connectivity index (χ2n) is 5.01. The molecular formula is C17H16O3. The van der Waals surface area contributed by atoms with Crippen molar-refractivity contribution in [1.82, 2.24) is 0 Å². The van der Waals surface area contributed by atoms with Gasteiger partial charge in [-0.05, 0) is 30.7 Å². The van der Waals surface area contributed by atoms with Crippen LogP contribution in [0.15, 0.2) is 42.5 Å². The number of methoxy groups -OCH3 is 1. The Balaban J connectivity index is 1.92. The molecule has 0 spiro atoms. The maximum Gasteiger partial charge on any atom is 0.170 e. The predicted molar refractivity (Wildman–Crippen MR) is 76.5 cm³/mol. The zero-order valence-electron chi connectivity index (χ0n) is 11.6. The standard InChI is InChI=1S/C17H16O3/c1-11-3-5-12(6-4-11)17-10-15(18)14-9-13(19-2)7-8-16(14)20-17/h3-9,17H,10H2,1-2H3/t17-/m1/s1. The molecule has 102 valence electrons. The molecule has 0 saturated carbocycles. The van der Waals surface area contributed by atoms with Crippen LogP contribution in [-0.4, -0.2) is 12.9 Å². The van der Waals surface area contributed by atoms with Crippen molar-refractivity contribution in [2.45, 2.75) is 19.4 Å². The molecular weight excluding hydrogens is 252 g/mol. The number of carbonyl (C=O) groups is 1. The van der Waals surface area contributed by atoms with Crippen molar-refractivity contribution in [3.05, 3.63) is 59.2 Å². The van der Waals surface area contributed by atoms with Gasteiger partial charge in [0.2, 0.25) is 0 Å². The van der Waals surface area contributed by atoms with Crippen LogP contribution >= 0.6 is 0 Å². The van der Waals surface area contributed by atoms with Gasteiger partial charge in [0.05, 0.1) is 19.1 Å². The van der Waals surface area contributed by atoms with Crippen molar-refractivity contribution < 1.29 is 14.3 Å². The first-order valence-corrected chi connectivity index (χ1v) is 6.62. The number of hydrogen-bond acceptors (Lipinski definition) is 3. The molecule has 0 aliphatic carbocycles. The normalized spacial score (nSPS) is 17.3. The van der Waals surface area contributed by atoms with E-state index in [0.29, 0.717) is 23.5 Å². The fourth-order valence-corrected chi connectivity index (χ4v) is 2.40. The quantitative estimate of drug-likeness (QED) is 0.833. The number of ketones is 1.